The predicted octanol–water partition coefficient (Wildman–Crippen LogP) is 2.01. The third-order valence-corrected chi connectivity index (χ3v) is 3.99. The van der Waals surface area contributed by atoms with Crippen LogP contribution in [0.3, 0.4) is 0 Å². The second kappa shape index (κ2) is 4.97. The van der Waals surface area contributed by atoms with Crippen LogP contribution in [0.1, 0.15) is 46.0 Å². The number of hydrogen-bond acceptors (Lipinski definition) is 2. The predicted molar refractivity (Wildman–Crippen MR) is 69.5 cm³/mol. The van der Waals surface area contributed by atoms with Gasteiger partial charge in [-0.1, -0.05) is 13.8 Å². The maximum atomic E-state index is 12.6. The van der Waals surface area contributed by atoms with E-state index in [1.54, 1.807) is 0 Å². The molecule has 0 aromatic carbocycles. The summed E-state index contributed by atoms with van der Waals surface area (Å²) in [5.41, 5.74) is 5.33. The number of hydrogen-bond donors (Lipinski definition) is 1. The Kier molecular flexibility index (Phi) is 3.76. The average Bonchev–Trinajstić information content (AvgIpc) is 3.09. The summed E-state index contributed by atoms with van der Waals surface area (Å²) >= 11 is 0. The smallest absolute Gasteiger partial charge is 0.228 e. The van der Waals surface area contributed by atoms with E-state index in [-0.39, 0.29) is 5.41 Å². The Labute approximate surface area is 105 Å². The first kappa shape index (κ1) is 12.9. The van der Waals surface area contributed by atoms with Crippen LogP contribution >= 0.6 is 0 Å². The molecule has 17 heavy (non-hydrogen) atoms. The van der Waals surface area contributed by atoms with Gasteiger partial charge in [0.2, 0.25) is 5.91 Å². The molecule has 0 unspecified atom stereocenters. The largest absolute Gasteiger partial charge is 0.342 e. The first-order chi connectivity index (χ1) is 8.03. The summed E-state index contributed by atoms with van der Waals surface area (Å²) in [6, 6.07) is 0. The van der Waals surface area contributed by atoms with Gasteiger partial charge in [0.1, 0.15) is 0 Å². The highest BCUT2D eigenvalue weighted by molar-refractivity contribution is 5.82. The normalized spacial score (nSPS) is 20.4. The molecule has 0 radical (unpaired) electrons. The zero-order valence-electron chi connectivity index (χ0n) is 11.2. The van der Waals surface area contributed by atoms with Gasteiger partial charge in [0.05, 0.1) is 0 Å². The van der Waals surface area contributed by atoms with Crippen molar-refractivity contribution in [3.63, 3.8) is 0 Å². The van der Waals surface area contributed by atoms with Gasteiger partial charge in [-0.15, -0.1) is 0 Å². The van der Waals surface area contributed by atoms with E-state index in [9.17, 15) is 4.79 Å². The van der Waals surface area contributed by atoms with Gasteiger partial charge in [-0.25, -0.2) is 0 Å². The van der Waals surface area contributed by atoms with E-state index >= 15 is 0 Å². The maximum Gasteiger partial charge on any atom is 0.228 e. The van der Waals surface area contributed by atoms with Crippen LogP contribution in [0.2, 0.25) is 0 Å². The van der Waals surface area contributed by atoms with E-state index in [1.807, 2.05) is 13.8 Å². The SMILES string of the molecule is CC(C)(CCN)C(=O)N(CC1CC1)CC1CC1. The molecule has 3 nitrogen and oxygen atoms in total. The third kappa shape index (κ3) is 3.70. The van der Waals surface area contributed by atoms with Gasteiger partial charge in [0.25, 0.3) is 0 Å². The molecule has 2 fully saturated rings. The number of carbonyl (C=O) groups excluding carboxylic acids is 1. The van der Waals surface area contributed by atoms with Crippen molar-refractivity contribution in [3.05, 3.63) is 0 Å². The molecule has 1 amide bonds. The highest BCUT2D eigenvalue weighted by Crippen LogP contribution is 2.35. The van der Waals surface area contributed by atoms with Gasteiger partial charge in [0, 0.05) is 18.5 Å². The van der Waals surface area contributed by atoms with Crippen LogP contribution in [0.25, 0.3) is 0 Å². The quantitative estimate of drug-likeness (QED) is 0.737. The van der Waals surface area contributed by atoms with Gasteiger partial charge in [-0.05, 0) is 50.5 Å². The fraction of sp³-hybridized carbons (Fsp3) is 0.929. The summed E-state index contributed by atoms with van der Waals surface area (Å²) < 4.78 is 0. The molecule has 0 bridgehead atoms. The van der Waals surface area contributed by atoms with E-state index in [1.165, 1.54) is 25.7 Å². The summed E-state index contributed by atoms with van der Waals surface area (Å²) in [6.45, 7) is 6.65. The van der Waals surface area contributed by atoms with E-state index in [0.717, 1.165) is 31.3 Å². The lowest BCUT2D eigenvalue weighted by atomic mass is 9.87. The zero-order valence-corrected chi connectivity index (χ0v) is 11.2. The fourth-order valence-corrected chi connectivity index (χ4v) is 2.36. The van der Waals surface area contributed by atoms with Crippen molar-refractivity contribution in [2.45, 2.75) is 46.0 Å². The van der Waals surface area contributed by atoms with Crippen molar-refractivity contribution < 1.29 is 4.79 Å². The summed E-state index contributed by atoms with van der Waals surface area (Å²) in [5, 5.41) is 0. The van der Waals surface area contributed by atoms with Gasteiger partial charge < -0.3 is 10.6 Å². The summed E-state index contributed by atoms with van der Waals surface area (Å²) in [7, 11) is 0. The van der Waals surface area contributed by atoms with Crippen LogP contribution in [0.4, 0.5) is 0 Å². The molecule has 0 heterocycles. The maximum absolute atomic E-state index is 12.6. The number of nitrogens with two attached hydrogens (primary N) is 1. The summed E-state index contributed by atoms with van der Waals surface area (Å²) in [4.78, 5) is 14.7. The minimum Gasteiger partial charge on any atom is -0.342 e. The number of nitrogens with zero attached hydrogens (tertiary/aromatic N) is 1. The van der Waals surface area contributed by atoms with Gasteiger partial charge in [-0.3, -0.25) is 4.79 Å². The molecule has 0 aliphatic heterocycles. The van der Waals surface area contributed by atoms with Crippen molar-refractivity contribution in [1.29, 1.82) is 0 Å². The average molecular weight is 238 g/mol. The first-order valence-electron chi connectivity index (χ1n) is 7.02. The summed E-state index contributed by atoms with van der Waals surface area (Å²) in [6.07, 6.45) is 6.03. The number of carbonyl (C=O) groups is 1. The lowest BCUT2D eigenvalue weighted by Gasteiger charge is -2.32. The molecule has 0 saturated heterocycles. The van der Waals surface area contributed by atoms with Crippen LogP contribution in [0.5, 0.6) is 0 Å². The second-order valence-corrected chi connectivity index (χ2v) is 6.52. The van der Waals surface area contributed by atoms with Crippen LogP contribution in [-0.4, -0.2) is 30.4 Å². The van der Waals surface area contributed by atoms with Gasteiger partial charge in [-0.2, -0.15) is 0 Å². The van der Waals surface area contributed by atoms with E-state index < -0.39 is 0 Å². The monoisotopic (exact) mass is 238 g/mol. The second-order valence-electron chi connectivity index (χ2n) is 6.52. The molecule has 0 atom stereocenters. The van der Waals surface area contributed by atoms with Crippen molar-refractivity contribution in [2.75, 3.05) is 19.6 Å². The molecule has 2 saturated carbocycles. The van der Waals surface area contributed by atoms with Crippen LogP contribution in [0.15, 0.2) is 0 Å². The molecule has 0 spiro atoms. The molecule has 2 rings (SSSR count). The first-order valence-corrected chi connectivity index (χ1v) is 7.02. The minimum atomic E-state index is -0.279. The molecule has 3 heteroatoms. The van der Waals surface area contributed by atoms with Crippen LogP contribution in [-0.2, 0) is 4.79 Å². The zero-order chi connectivity index (χ0) is 12.5. The highest BCUT2D eigenvalue weighted by Gasteiger charge is 2.37. The Balaban J connectivity index is 1.93. The molecular weight excluding hydrogens is 212 g/mol. The van der Waals surface area contributed by atoms with E-state index in [4.69, 9.17) is 5.73 Å². The van der Waals surface area contributed by atoms with E-state index in [0.29, 0.717) is 12.5 Å². The van der Waals surface area contributed by atoms with Crippen molar-refractivity contribution in [2.24, 2.45) is 23.0 Å². The Morgan fingerprint density at radius 2 is 1.65 bits per heavy atom. The Hall–Kier alpha value is -0.570. The lowest BCUT2D eigenvalue weighted by molar-refractivity contribution is -0.141. The van der Waals surface area contributed by atoms with Gasteiger partial charge >= 0.3 is 0 Å². The molecular formula is C14H26N2O. The minimum absolute atomic E-state index is 0.279. The molecule has 2 N–H and O–H groups in total. The van der Waals surface area contributed by atoms with Gasteiger partial charge in [0.15, 0.2) is 0 Å². The van der Waals surface area contributed by atoms with Crippen molar-refractivity contribution >= 4 is 5.91 Å². The third-order valence-electron chi connectivity index (χ3n) is 3.99. The standard InChI is InChI=1S/C14H26N2O/c1-14(2,7-8-15)13(17)16(9-11-3-4-11)10-12-5-6-12/h11-12H,3-10,15H2,1-2H3. The molecule has 2 aliphatic rings. The molecule has 0 aromatic rings. The van der Waals surface area contributed by atoms with Crippen LogP contribution in [0, 0.1) is 17.3 Å². The topological polar surface area (TPSA) is 46.3 Å². The Bertz CT molecular complexity index is 266. The number of rotatable bonds is 7. The molecule has 0 aromatic heterocycles. The molecule has 2 aliphatic carbocycles. The fourth-order valence-electron chi connectivity index (χ4n) is 2.36. The lowest BCUT2D eigenvalue weighted by Crippen LogP contribution is -2.43. The highest BCUT2D eigenvalue weighted by atomic mass is 16.2. The number of amides is 1. The van der Waals surface area contributed by atoms with Crippen LogP contribution < -0.4 is 5.73 Å². The van der Waals surface area contributed by atoms with E-state index in [2.05, 4.69) is 4.90 Å². The molecule has 98 valence electrons. The summed E-state index contributed by atoms with van der Waals surface area (Å²) in [5.74, 6) is 1.89. The Morgan fingerprint density at radius 1 is 1.18 bits per heavy atom. The Morgan fingerprint density at radius 3 is 2.00 bits per heavy atom. The van der Waals surface area contributed by atoms with Crippen molar-refractivity contribution in [1.82, 2.24) is 4.90 Å². The van der Waals surface area contributed by atoms with Crippen molar-refractivity contribution in [3.8, 4) is 0 Å².